The molecule has 90 valence electrons. The van der Waals surface area contributed by atoms with Gasteiger partial charge < -0.3 is 5.73 Å². The normalized spacial score (nSPS) is 12.8. The van der Waals surface area contributed by atoms with E-state index in [1.54, 1.807) is 17.9 Å². The summed E-state index contributed by atoms with van der Waals surface area (Å²) in [6, 6.07) is 5.19. The smallest absolute Gasteiger partial charge is 0.0837 e. The number of benzene rings is 1. The molecule has 0 aliphatic carbocycles. The van der Waals surface area contributed by atoms with Gasteiger partial charge in [0.25, 0.3) is 0 Å². The van der Waals surface area contributed by atoms with Gasteiger partial charge >= 0.3 is 0 Å². The number of nitrogens with two attached hydrogens (primary N) is 1. The summed E-state index contributed by atoms with van der Waals surface area (Å²) in [5.74, 6) is 0. The highest BCUT2D eigenvalue weighted by molar-refractivity contribution is 9.10. The van der Waals surface area contributed by atoms with Crippen LogP contribution in [0.5, 0.6) is 0 Å². The monoisotopic (exact) mass is 333 g/mol. The van der Waals surface area contributed by atoms with Crippen LogP contribution in [0.25, 0.3) is 0 Å². The number of rotatable bonds is 2. The van der Waals surface area contributed by atoms with Crippen LogP contribution in [-0.2, 0) is 7.05 Å². The van der Waals surface area contributed by atoms with Crippen LogP contribution < -0.4 is 5.73 Å². The molecule has 1 aromatic carbocycles. The Bertz CT molecular complexity index is 514. The van der Waals surface area contributed by atoms with Gasteiger partial charge in [0, 0.05) is 16.5 Å². The minimum Gasteiger partial charge on any atom is -0.319 e. The van der Waals surface area contributed by atoms with Crippen molar-refractivity contribution >= 4 is 39.1 Å². The van der Waals surface area contributed by atoms with Crippen molar-refractivity contribution in [2.75, 3.05) is 0 Å². The summed E-state index contributed by atoms with van der Waals surface area (Å²) >= 11 is 15.4. The van der Waals surface area contributed by atoms with Gasteiger partial charge in [-0.15, -0.1) is 0 Å². The SMILES string of the molecule is Cn1ncc(Cl)c1C(N)c1cc(Cl)cc(Br)c1. The molecular weight excluding hydrogens is 325 g/mol. The Morgan fingerprint density at radius 1 is 1.35 bits per heavy atom. The van der Waals surface area contributed by atoms with Crippen LogP contribution in [0.3, 0.4) is 0 Å². The highest BCUT2D eigenvalue weighted by Gasteiger charge is 2.17. The molecule has 0 aliphatic rings. The van der Waals surface area contributed by atoms with E-state index in [4.69, 9.17) is 28.9 Å². The zero-order chi connectivity index (χ0) is 12.6. The van der Waals surface area contributed by atoms with Crippen molar-refractivity contribution in [3.8, 4) is 0 Å². The third-order valence-electron chi connectivity index (χ3n) is 2.48. The molecule has 0 amide bonds. The van der Waals surface area contributed by atoms with E-state index in [-0.39, 0.29) is 6.04 Å². The maximum atomic E-state index is 6.18. The third-order valence-corrected chi connectivity index (χ3v) is 3.44. The van der Waals surface area contributed by atoms with Crippen molar-refractivity contribution in [3.63, 3.8) is 0 Å². The lowest BCUT2D eigenvalue weighted by molar-refractivity contribution is 0.673. The first kappa shape index (κ1) is 12.9. The van der Waals surface area contributed by atoms with Crippen molar-refractivity contribution in [3.05, 3.63) is 50.2 Å². The second-order valence-electron chi connectivity index (χ2n) is 3.68. The lowest BCUT2D eigenvalue weighted by atomic mass is 10.0. The minimum atomic E-state index is -0.356. The first-order chi connectivity index (χ1) is 7.99. The molecule has 0 saturated carbocycles. The second kappa shape index (κ2) is 4.98. The zero-order valence-electron chi connectivity index (χ0n) is 8.99. The van der Waals surface area contributed by atoms with Crippen molar-refractivity contribution in [1.82, 2.24) is 9.78 Å². The van der Waals surface area contributed by atoms with Gasteiger partial charge in [-0.2, -0.15) is 5.10 Å². The molecule has 6 heteroatoms. The van der Waals surface area contributed by atoms with Gasteiger partial charge in [0.1, 0.15) is 0 Å². The maximum Gasteiger partial charge on any atom is 0.0837 e. The molecule has 0 aliphatic heterocycles. The lowest BCUT2D eigenvalue weighted by Crippen LogP contribution is -2.16. The van der Waals surface area contributed by atoms with Crippen LogP contribution in [0.2, 0.25) is 10.0 Å². The molecule has 2 aromatic rings. The summed E-state index contributed by atoms with van der Waals surface area (Å²) in [6.45, 7) is 0. The molecule has 0 saturated heterocycles. The van der Waals surface area contributed by atoms with Crippen molar-refractivity contribution in [2.45, 2.75) is 6.04 Å². The Morgan fingerprint density at radius 2 is 2.06 bits per heavy atom. The van der Waals surface area contributed by atoms with E-state index in [2.05, 4.69) is 21.0 Å². The maximum absolute atomic E-state index is 6.18. The number of aromatic nitrogens is 2. The van der Waals surface area contributed by atoms with Gasteiger partial charge in [0.15, 0.2) is 0 Å². The summed E-state index contributed by atoms with van der Waals surface area (Å²) in [6.07, 6.45) is 1.58. The Kier molecular flexibility index (Phi) is 3.78. The Labute approximate surface area is 118 Å². The van der Waals surface area contributed by atoms with E-state index in [1.807, 2.05) is 18.2 Å². The van der Waals surface area contributed by atoms with Crippen LogP contribution in [0.1, 0.15) is 17.3 Å². The van der Waals surface area contributed by atoms with Crippen LogP contribution in [0, 0.1) is 0 Å². The molecule has 1 unspecified atom stereocenters. The number of aryl methyl sites for hydroxylation is 1. The predicted molar refractivity (Wildman–Crippen MR) is 73.4 cm³/mol. The third kappa shape index (κ3) is 2.65. The number of hydrogen-bond acceptors (Lipinski definition) is 2. The molecule has 1 aromatic heterocycles. The molecule has 0 bridgehead atoms. The van der Waals surface area contributed by atoms with Crippen molar-refractivity contribution in [1.29, 1.82) is 0 Å². The molecular formula is C11H10BrCl2N3. The minimum absolute atomic E-state index is 0.356. The van der Waals surface area contributed by atoms with Crippen LogP contribution in [0.15, 0.2) is 28.9 Å². The second-order valence-corrected chi connectivity index (χ2v) is 5.44. The van der Waals surface area contributed by atoms with E-state index >= 15 is 0 Å². The molecule has 1 heterocycles. The Hall–Kier alpha value is -0.550. The number of halogens is 3. The Morgan fingerprint density at radius 3 is 2.59 bits per heavy atom. The standard InChI is InChI=1S/C11H10BrCl2N3/c1-17-11(9(14)5-16-17)10(15)6-2-7(12)4-8(13)3-6/h2-5,10H,15H2,1H3. The molecule has 0 fully saturated rings. The first-order valence-electron chi connectivity index (χ1n) is 4.88. The van der Waals surface area contributed by atoms with Crippen LogP contribution in [-0.4, -0.2) is 9.78 Å². The molecule has 0 spiro atoms. The van der Waals surface area contributed by atoms with Gasteiger partial charge in [-0.25, -0.2) is 0 Å². The van der Waals surface area contributed by atoms with Gasteiger partial charge in [-0.05, 0) is 23.8 Å². The fourth-order valence-electron chi connectivity index (χ4n) is 1.68. The average Bonchev–Trinajstić information content (AvgIpc) is 2.56. The lowest BCUT2D eigenvalue weighted by Gasteiger charge is -2.14. The van der Waals surface area contributed by atoms with Crippen molar-refractivity contribution in [2.24, 2.45) is 12.8 Å². The number of nitrogens with zero attached hydrogens (tertiary/aromatic N) is 2. The van der Waals surface area contributed by atoms with E-state index in [1.165, 1.54) is 0 Å². The molecule has 1 atom stereocenters. The van der Waals surface area contributed by atoms with E-state index in [0.29, 0.717) is 10.0 Å². The van der Waals surface area contributed by atoms with Gasteiger partial charge in [0.2, 0.25) is 0 Å². The molecule has 2 rings (SSSR count). The van der Waals surface area contributed by atoms with Gasteiger partial charge in [0.05, 0.1) is 23.0 Å². The number of hydrogen-bond donors (Lipinski definition) is 1. The highest BCUT2D eigenvalue weighted by atomic mass is 79.9. The molecule has 0 radical (unpaired) electrons. The van der Waals surface area contributed by atoms with E-state index in [9.17, 15) is 0 Å². The molecule has 17 heavy (non-hydrogen) atoms. The molecule has 2 N–H and O–H groups in total. The van der Waals surface area contributed by atoms with E-state index < -0.39 is 0 Å². The largest absolute Gasteiger partial charge is 0.319 e. The van der Waals surface area contributed by atoms with Crippen LogP contribution >= 0.6 is 39.1 Å². The van der Waals surface area contributed by atoms with Crippen LogP contribution in [0.4, 0.5) is 0 Å². The van der Waals surface area contributed by atoms with Gasteiger partial charge in [-0.1, -0.05) is 39.1 Å². The predicted octanol–water partition coefficient (Wildman–Crippen LogP) is 3.54. The summed E-state index contributed by atoms with van der Waals surface area (Å²) in [5, 5.41) is 5.25. The fourth-order valence-corrected chi connectivity index (χ4v) is 2.85. The zero-order valence-corrected chi connectivity index (χ0v) is 12.1. The summed E-state index contributed by atoms with van der Waals surface area (Å²) in [4.78, 5) is 0. The quantitative estimate of drug-likeness (QED) is 0.912. The van der Waals surface area contributed by atoms with Crippen molar-refractivity contribution < 1.29 is 0 Å². The first-order valence-corrected chi connectivity index (χ1v) is 6.43. The highest BCUT2D eigenvalue weighted by Crippen LogP contribution is 2.29. The van der Waals surface area contributed by atoms with E-state index in [0.717, 1.165) is 15.7 Å². The summed E-state index contributed by atoms with van der Waals surface area (Å²) in [7, 11) is 1.81. The van der Waals surface area contributed by atoms with Gasteiger partial charge in [-0.3, -0.25) is 4.68 Å². The fraction of sp³-hybridized carbons (Fsp3) is 0.182. The topological polar surface area (TPSA) is 43.8 Å². The summed E-state index contributed by atoms with van der Waals surface area (Å²) in [5.41, 5.74) is 7.82. The Balaban J connectivity index is 2.47. The molecule has 3 nitrogen and oxygen atoms in total. The average molecular weight is 335 g/mol. The summed E-state index contributed by atoms with van der Waals surface area (Å²) < 4.78 is 2.55.